The van der Waals surface area contributed by atoms with Crippen LogP contribution in [-0.2, 0) is 18.4 Å². The first-order valence-corrected chi connectivity index (χ1v) is 14.5. The largest absolute Gasteiger partial charge is 0.493 e. The minimum absolute atomic E-state index is 0.0853. The number of nitrogens with zero attached hydrogens (tertiary/aromatic N) is 2. The highest BCUT2D eigenvalue weighted by molar-refractivity contribution is 6.03. The summed E-state index contributed by atoms with van der Waals surface area (Å²) in [6.07, 6.45) is 10.4. The molecule has 0 amide bonds. The molecule has 2 bridgehead atoms. The highest BCUT2D eigenvalue weighted by atomic mass is 16.5. The van der Waals surface area contributed by atoms with Gasteiger partial charge in [-0.2, -0.15) is 0 Å². The normalized spacial score (nSPS) is 24.1. The van der Waals surface area contributed by atoms with Crippen molar-refractivity contribution >= 4 is 16.9 Å². The van der Waals surface area contributed by atoms with E-state index in [1.807, 2.05) is 29.8 Å². The predicted octanol–water partition coefficient (Wildman–Crippen LogP) is 7.41. The summed E-state index contributed by atoms with van der Waals surface area (Å²) in [4.78, 5) is 11.6. The third kappa shape index (κ3) is 4.40. The summed E-state index contributed by atoms with van der Waals surface area (Å²) in [7, 11) is 1.87. The molecule has 0 unspecified atom stereocenters. The molecule has 0 aliphatic heterocycles. The Morgan fingerprint density at radius 1 is 1.10 bits per heavy atom. The molecule has 1 N–H and O–H groups in total. The van der Waals surface area contributed by atoms with Crippen molar-refractivity contribution in [3.63, 3.8) is 0 Å². The molecule has 2 aromatic heterocycles. The molecule has 4 saturated carbocycles. The Bertz CT molecular complexity index is 1570. The van der Waals surface area contributed by atoms with Crippen molar-refractivity contribution in [3.05, 3.63) is 71.1 Å². The van der Waals surface area contributed by atoms with Crippen LogP contribution in [0.4, 0.5) is 0 Å². The van der Waals surface area contributed by atoms with Gasteiger partial charge in [0.15, 0.2) is 0 Å². The summed E-state index contributed by atoms with van der Waals surface area (Å²) in [5, 5.41) is 14.7. The fraction of sp³-hybridized carbons (Fsp3) is 0.455. The minimum Gasteiger partial charge on any atom is -0.493 e. The number of aromatic nitrogens is 2. The maximum atomic E-state index is 11.6. The van der Waals surface area contributed by atoms with Crippen LogP contribution in [0.15, 0.2) is 53.2 Å². The van der Waals surface area contributed by atoms with Gasteiger partial charge in [-0.3, -0.25) is 0 Å². The molecule has 2 heterocycles. The zero-order valence-corrected chi connectivity index (χ0v) is 23.2. The van der Waals surface area contributed by atoms with Crippen molar-refractivity contribution in [2.75, 3.05) is 6.61 Å². The zero-order valence-electron chi connectivity index (χ0n) is 23.2. The topological polar surface area (TPSA) is 86.7 Å². The average molecular weight is 541 g/mol. The summed E-state index contributed by atoms with van der Waals surface area (Å²) in [6.45, 7) is 3.36. The third-order valence-corrected chi connectivity index (χ3v) is 9.76. The Balaban J connectivity index is 1.02. The highest BCUT2D eigenvalue weighted by Gasteiger charge is 2.50. The molecule has 4 aliphatic carbocycles. The quantitative estimate of drug-likeness (QED) is 0.238. The van der Waals surface area contributed by atoms with Crippen molar-refractivity contribution in [2.45, 2.75) is 76.4 Å². The van der Waals surface area contributed by atoms with Gasteiger partial charge in [-0.25, -0.2) is 4.79 Å². The van der Waals surface area contributed by atoms with Crippen LogP contribution in [0.1, 0.15) is 84.5 Å². The Kier molecular flexibility index (Phi) is 6.04. The smallest absolute Gasteiger partial charge is 0.337 e. The lowest BCUT2D eigenvalue weighted by Crippen LogP contribution is -2.49. The SMILES string of the molecule is Cc1ccccc1-c1noc(C2CC2)c1COC12CCC(COc3ccc4c(C(=O)O)cn(C)c4c3)(CC1)CC2. The van der Waals surface area contributed by atoms with Crippen LogP contribution in [0.2, 0.25) is 0 Å². The first-order valence-electron chi connectivity index (χ1n) is 14.5. The van der Waals surface area contributed by atoms with Gasteiger partial charge in [0.1, 0.15) is 17.2 Å². The number of carbonyl (C=O) groups is 1. The first-order chi connectivity index (χ1) is 19.4. The number of benzene rings is 2. The number of hydrogen-bond donors (Lipinski definition) is 1. The maximum Gasteiger partial charge on any atom is 0.337 e. The van der Waals surface area contributed by atoms with Crippen LogP contribution in [0.5, 0.6) is 5.75 Å². The Labute approximate surface area is 234 Å². The van der Waals surface area contributed by atoms with Crippen LogP contribution in [0.3, 0.4) is 0 Å². The van der Waals surface area contributed by atoms with Gasteiger partial charge in [0.05, 0.1) is 29.9 Å². The monoisotopic (exact) mass is 540 g/mol. The van der Waals surface area contributed by atoms with Crippen LogP contribution in [-0.4, -0.2) is 33.0 Å². The number of carboxylic acid groups (broad SMARTS) is 1. The lowest BCUT2D eigenvalue weighted by Gasteiger charge is -2.52. The van der Waals surface area contributed by atoms with E-state index < -0.39 is 5.97 Å². The summed E-state index contributed by atoms with van der Waals surface area (Å²) >= 11 is 0. The van der Waals surface area contributed by atoms with Gasteiger partial charge in [0.25, 0.3) is 0 Å². The molecule has 40 heavy (non-hydrogen) atoms. The summed E-state index contributed by atoms with van der Waals surface area (Å²) in [6, 6.07) is 14.1. The van der Waals surface area contributed by atoms with Gasteiger partial charge in [-0.1, -0.05) is 29.4 Å². The van der Waals surface area contributed by atoms with Crippen LogP contribution in [0, 0.1) is 12.3 Å². The van der Waals surface area contributed by atoms with Gasteiger partial charge in [0.2, 0.25) is 0 Å². The van der Waals surface area contributed by atoms with E-state index in [0.717, 1.165) is 77.8 Å². The second kappa shape index (κ2) is 9.51. The number of carboxylic acids is 1. The lowest BCUT2D eigenvalue weighted by atomic mass is 9.59. The molecule has 4 fully saturated rings. The lowest BCUT2D eigenvalue weighted by molar-refractivity contribution is -0.150. The van der Waals surface area contributed by atoms with E-state index in [1.54, 1.807) is 6.20 Å². The molecule has 7 nitrogen and oxygen atoms in total. The van der Waals surface area contributed by atoms with Crippen LogP contribution < -0.4 is 4.74 Å². The van der Waals surface area contributed by atoms with E-state index in [2.05, 4.69) is 36.3 Å². The number of hydrogen-bond acceptors (Lipinski definition) is 5. The van der Waals surface area contributed by atoms with Gasteiger partial charge < -0.3 is 23.7 Å². The predicted molar refractivity (Wildman–Crippen MR) is 152 cm³/mol. The second-order valence-electron chi connectivity index (χ2n) is 12.4. The number of aryl methyl sites for hydroxylation is 2. The fourth-order valence-corrected chi connectivity index (χ4v) is 6.93. The molecular weight excluding hydrogens is 504 g/mol. The molecule has 0 spiro atoms. The van der Waals surface area contributed by atoms with Crippen molar-refractivity contribution in [1.29, 1.82) is 0 Å². The van der Waals surface area contributed by atoms with E-state index in [-0.39, 0.29) is 11.0 Å². The molecule has 7 heteroatoms. The molecule has 4 aromatic rings. The number of ether oxygens (including phenoxy) is 2. The molecule has 2 aromatic carbocycles. The molecule has 8 rings (SSSR count). The average Bonchev–Trinajstić information content (AvgIpc) is 3.65. The molecule has 4 aliphatic rings. The number of fused-ring (bicyclic) bond motifs is 4. The van der Waals surface area contributed by atoms with Crippen molar-refractivity contribution in [2.24, 2.45) is 12.5 Å². The highest BCUT2D eigenvalue weighted by Crippen LogP contribution is 2.55. The fourth-order valence-electron chi connectivity index (χ4n) is 6.93. The van der Waals surface area contributed by atoms with Gasteiger partial charge in [-0.15, -0.1) is 0 Å². The summed E-state index contributed by atoms with van der Waals surface area (Å²) < 4.78 is 20.9. The van der Waals surface area contributed by atoms with E-state index in [4.69, 9.17) is 14.0 Å². The third-order valence-electron chi connectivity index (χ3n) is 9.76. The molecule has 0 saturated heterocycles. The van der Waals surface area contributed by atoms with E-state index in [9.17, 15) is 9.90 Å². The Morgan fingerprint density at radius 2 is 1.85 bits per heavy atom. The Hall–Kier alpha value is -3.58. The van der Waals surface area contributed by atoms with Crippen LogP contribution >= 0.6 is 0 Å². The molecule has 208 valence electrons. The summed E-state index contributed by atoms with van der Waals surface area (Å²) in [5.74, 6) is 1.39. The second-order valence-corrected chi connectivity index (χ2v) is 12.4. The maximum absolute atomic E-state index is 11.6. The minimum atomic E-state index is -0.910. The zero-order chi connectivity index (χ0) is 27.5. The van der Waals surface area contributed by atoms with Gasteiger partial charge >= 0.3 is 5.97 Å². The first kappa shape index (κ1) is 25.4. The van der Waals surface area contributed by atoms with Crippen molar-refractivity contribution in [3.8, 4) is 17.0 Å². The van der Waals surface area contributed by atoms with E-state index >= 15 is 0 Å². The van der Waals surface area contributed by atoms with E-state index in [1.165, 1.54) is 18.4 Å². The van der Waals surface area contributed by atoms with Crippen molar-refractivity contribution in [1.82, 2.24) is 9.72 Å². The van der Waals surface area contributed by atoms with Crippen LogP contribution in [0.25, 0.3) is 22.2 Å². The Morgan fingerprint density at radius 3 is 2.55 bits per heavy atom. The van der Waals surface area contributed by atoms with Crippen molar-refractivity contribution < 1.29 is 23.9 Å². The summed E-state index contributed by atoms with van der Waals surface area (Å²) in [5.41, 5.74) is 5.69. The molecular formula is C33H36N2O5. The number of aromatic carboxylic acids is 1. The number of rotatable bonds is 9. The van der Waals surface area contributed by atoms with Gasteiger partial charge in [0, 0.05) is 47.2 Å². The van der Waals surface area contributed by atoms with E-state index in [0.29, 0.717) is 24.7 Å². The molecule has 0 atom stereocenters. The standard InChI is InChI=1S/C33H36N2O5/c1-21-5-3-4-6-24(21)29-27(30(40-34-29)22-7-8-22)19-39-33-14-11-32(12-15-33,13-16-33)20-38-23-9-10-25-26(31(36)37)18-35(2)28(25)17-23/h3-6,9-10,17-18,22H,7-8,11-16,19-20H2,1-2H3,(H,36,37). The van der Waals surface area contributed by atoms with Gasteiger partial charge in [-0.05, 0) is 76.0 Å². The molecule has 0 radical (unpaired) electrons.